The van der Waals surface area contributed by atoms with Crippen LogP contribution < -0.4 is 10.1 Å². The number of nitrogens with one attached hydrogen (secondary N) is 1. The zero-order chi connectivity index (χ0) is 17.6. The van der Waals surface area contributed by atoms with Crippen LogP contribution in [0.2, 0.25) is 0 Å². The van der Waals surface area contributed by atoms with E-state index in [0.29, 0.717) is 5.75 Å². The fourth-order valence-corrected chi connectivity index (χ4v) is 2.48. The lowest BCUT2D eigenvalue weighted by molar-refractivity contribution is -0.123. The third kappa shape index (κ3) is 4.44. The Balaban J connectivity index is 1.54. The van der Waals surface area contributed by atoms with Crippen molar-refractivity contribution in [3.05, 3.63) is 72.3 Å². The van der Waals surface area contributed by atoms with Crippen molar-refractivity contribution in [3.8, 4) is 11.4 Å². The van der Waals surface area contributed by atoms with Crippen molar-refractivity contribution < 1.29 is 9.53 Å². The minimum atomic E-state index is -0.158. The lowest BCUT2D eigenvalue weighted by atomic mass is 10.1. The molecule has 1 aromatic heterocycles. The number of amides is 1. The summed E-state index contributed by atoms with van der Waals surface area (Å²) in [6.07, 6.45) is 3.13. The highest BCUT2D eigenvalue weighted by atomic mass is 16.5. The molecule has 1 N–H and O–H groups in total. The van der Waals surface area contributed by atoms with Crippen molar-refractivity contribution in [2.75, 3.05) is 6.61 Å². The van der Waals surface area contributed by atoms with Gasteiger partial charge in [-0.15, -0.1) is 0 Å². The topological polar surface area (TPSA) is 69.0 Å². The summed E-state index contributed by atoms with van der Waals surface area (Å²) in [7, 11) is 0. The maximum atomic E-state index is 12.1. The van der Waals surface area contributed by atoms with Crippen LogP contribution in [0, 0.1) is 6.92 Å². The van der Waals surface area contributed by atoms with Gasteiger partial charge in [0.25, 0.3) is 5.91 Å². The fraction of sp³-hybridized carbons (Fsp3) is 0.211. The number of hydrogen-bond acceptors (Lipinski definition) is 4. The summed E-state index contributed by atoms with van der Waals surface area (Å²) in [5.74, 6) is 0.536. The number of carbonyl (C=O) groups excluding carboxylic acids is 1. The van der Waals surface area contributed by atoms with E-state index >= 15 is 0 Å². The van der Waals surface area contributed by atoms with Crippen molar-refractivity contribution in [2.24, 2.45) is 0 Å². The summed E-state index contributed by atoms with van der Waals surface area (Å²) in [5, 5.41) is 7.02. The van der Waals surface area contributed by atoms with Gasteiger partial charge in [0.05, 0.1) is 11.7 Å². The number of ether oxygens (including phenoxy) is 1. The molecule has 0 saturated carbocycles. The van der Waals surface area contributed by atoms with E-state index < -0.39 is 0 Å². The molecule has 128 valence electrons. The van der Waals surface area contributed by atoms with Gasteiger partial charge in [0.2, 0.25) is 0 Å². The van der Waals surface area contributed by atoms with Gasteiger partial charge >= 0.3 is 0 Å². The minimum absolute atomic E-state index is 0.00909. The number of aromatic nitrogens is 3. The summed E-state index contributed by atoms with van der Waals surface area (Å²) in [4.78, 5) is 16.0. The smallest absolute Gasteiger partial charge is 0.258 e. The molecule has 0 bridgehead atoms. The molecule has 0 aliphatic carbocycles. The Bertz CT molecular complexity index is 829. The van der Waals surface area contributed by atoms with Crippen LogP contribution in [0.25, 0.3) is 5.69 Å². The van der Waals surface area contributed by atoms with E-state index in [1.807, 2.05) is 62.4 Å². The number of nitrogens with zero attached hydrogens (tertiary/aromatic N) is 3. The number of benzene rings is 2. The van der Waals surface area contributed by atoms with Crippen LogP contribution in [0.15, 0.2) is 61.2 Å². The first-order valence-electron chi connectivity index (χ1n) is 8.05. The van der Waals surface area contributed by atoms with E-state index in [0.717, 1.165) is 16.8 Å². The summed E-state index contributed by atoms with van der Waals surface area (Å²) < 4.78 is 7.21. The lowest BCUT2D eigenvalue weighted by Crippen LogP contribution is -2.31. The summed E-state index contributed by atoms with van der Waals surface area (Å²) in [6.45, 7) is 3.91. The lowest BCUT2D eigenvalue weighted by Gasteiger charge is -2.15. The van der Waals surface area contributed by atoms with E-state index in [4.69, 9.17) is 4.74 Å². The molecule has 3 aromatic rings. The Kier molecular flexibility index (Phi) is 5.09. The molecule has 0 aliphatic heterocycles. The summed E-state index contributed by atoms with van der Waals surface area (Å²) in [6, 6.07) is 15.3. The maximum Gasteiger partial charge on any atom is 0.258 e. The van der Waals surface area contributed by atoms with Gasteiger partial charge in [0, 0.05) is 0 Å². The maximum absolute atomic E-state index is 12.1. The van der Waals surface area contributed by atoms with E-state index in [9.17, 15) is 4.79 Å². The van der Waals surface area contributed by atoms with Crippen molar-refractivity contribution in [3.63, 3.8) is 0 Å². The van der Waals surface area contributed by atoms with Crippen LogP contribution in [-0.2, 0) is 4.79 Å². The van der Waals surface area contributed by atoms with Crippen molar-refractivity contribution in [1.29, 1.82) is 0 Å². The largest absolute Gasteiger partial charge is 0.484 e. The van der Waals surface area contributed by atoms with Crippen LogP contribution in [0.5, 0.6) is 5.75 Å². The first-order chi connectivity index (χ1) is 12.1. The predicted molar refractivity (Wildman–Crippen MR) is 94.6 cm³/mol. The molecule has 1 amide bonds. The van der Waals surface area contributed by atoms with Gasteiger partial charge in [-0.3, -0.25) is 4.79 Å². The first kappa shape index (κ1) is 16.7. The van der Waals surface area contributed by atoms with Crippen molar-refractivity contribution in [1.82, 2.24) is 20.1 Å². The van der Waals surface area contributed by atoms with Gasteiger partial charge in [0.1, 0.15) is 18.4 Å². The van der Waals surface area contributed by atoms with E-state index in [1.165, 1.54) is 6.33 Å². The van der Waals surface area contributed by atoms with Crippen LogP contribution >= 0.6 is 0 Å². The molecule has 2 aromatic carbocycles. The van der Waals surface area contributed by atoms with Crippen LogP contribution in [0.1, 0.15) is 24.1 Å². The third-order valence-corrected chi connectivity index (χ3v) is 3.81. The minimum Gasteiger partial charge on any atom is -0.484 e. The number of hydrogen-bond donors (Lipinski definition) is 1. The molecular formula is C19H20N4O2. The quantitative estimate of drug-likeness (QED) is 0.751. The van der Waals surface area contributed by atoms with Crippen LogP contribution in [0.4, 0.5) is 0 Å². The zero-order valence-electron chi connectivity index (χ0n) is 14.2. The molecular weight excluding hydrogens is 316 g/mol. The molecule has 3 rings (SSSR count). The number of aryl methyl sites for hydroxylation is 1. The average Bonchev–Trinajstić information content (AvgIpc) is 3.15. The standard InChI is InChI=1S/C19H20N4O2/c1-14-4-3-5-18(10-14)25-11-19(24)22-15(2)16-6-8-17(9-7-16)23-13-20-12-21-23/h3-10,12-13,15H,11H2,1-2H3,(H,22,24). The zero-order valence-corrected chi connectivity index (χ0v) is 14.2. The molecule has 0 spiro atoms. The van der Waals surface area contributed by atoms with Crippen LogP contribution in [-0.4, -0.2) is 27.3 Å². The highest BCUT2D eigenvalue weighted by Crippen LogP contribution is 2.16. The molecule has 0 radical (unpaired) electrons. The van der Waals surface area contributed by atoms with E-state index in [-0.39, 0.29) is 18.6 Å². The SMILES string of the molecule is Cc1cccc(OCC(=O)NC(C)c2ccc(-n3cncn3)cc2)c1. The van der Waals surface area contributed by atoms with Gasteiger partial charge in [-0.2, -0.15) is 5.10 Å². The van der Waals surface area contributed by atoms with Gasteiger partial charge in [-0.1, -0.05) is 24.3 Å². The molecule has 1 heterocycles. The van der Waals surface area contributed by atoms with Crippen LogP contribution in [0.3, 0.4) is 0 Å². The Morgan fingerprint density at radius 1 is 1.24 bits per heavy atom. The van der Waals surface area contributed by atoms with Crippen molar-refractivity contribution >= 4 is 5.91 Å². The monoisotopic (exact) mass is 336 g/mol. The molecule has 6 nitrogen and oxygen atoms in total. The summed E-state index contributed by atoms with van der Waals surface area (Å²) >= 11 is 0. The third-order valence-electron chi connectivity index (χ3n) is 3.81. The Labute approximate surface area is 146 Å². The molecule has 1 atom stereocenters. The van der Waals surface area contributed by atoms with E-state index in [2.05, 4.69) is 15.4 Å². The molecule has 6 heteroatoms. The Hall–Kier alpha value is -3.15. The Morgan fingerprint density at radius 2 is 2.04 bits per heavy atom. The van der Waals surface area contributed by atoms with E-state index in [1.54, 1.807) is 11.0 Å². The Morgan fingerprint density at radius 3 is 2.72 bits per heavy atom. The highest BCUT2D eigenvalue weighted by Gasteiger charge is 2.10. The molecule has 0 aliphatic rings. The number of rotatable bonds is 6. The van der Waals surface area contributed by atoms with Gasteiger partial charge < -0.3 is 10.1 Å². The molecule has 25 heavy (non-hydrogen) atoms. The van der Waals surface area contributed by atoms with Gasteiger partial charge in [-0.05, 0) is 49.2 Å². The molecule has 0 fully saturated rings. The first-order valence-corrected chi connectivity index (χ1v) is 8.05. The van der Waals surface area contributed by atoms with Gasteiger partial charge in [0.15, 0.2) is 6.61 Å². The second-order valence-electron chi connectivity index (χ2n) is 5.83. The fourth-order valence-electron chi connectivity index (χ4n) is 2.48. The predicted octanol–water partition coefficient (Wildman–Crippen LogP) is 2.83. The highest BCUT2D eigenvalue weighted by molar-refractivity contribution is 5.78. The summed E-state index contributed by atoms with van der Waals surface area (Å²) in [5.41, 5.74) is 3.02. The second-order valence-corrected chi connectivity index (χ2v) is 5.83. The van der Waals surface area contributed by atoms with Crippen molar-refractivity contribution in [2.45, 2.75) is 19.9 Å². The molecule has 0 saturated heterocycles. The van der Waals surface area contributed by atoms with Gasteiger partial charge in [-0.25, -0.2) is 9.67 Å². The molecule has 1 unspecified atom stereocenters. The number of carbonyl (C=O) groups is 1. The second kappa shape index (κ2) is 7.61. The normalized spacial score (nSPS) is 11.8. The average molecular weight is 336 g/mol.